The molecule has 0 aliphatic carbocycles. The Kier molecular flexibility index (Phi) is 7.56. The Hall–Kier alpha value is -2.37. The Morgan fingerprint density at radius 2 is 1.87 bits per heavy atom. The molecule has 0 aliphatic heterocycles. The van der Waals surface area contributed by atoms with Crippen LogP contribution < -0.4 is 11.5 Å². The summed E-state index contributed by atoms with van der Waals surface area (Å²) in [5, 5.41) is 10.6. The number of aliphatic imine (C=N–C) groups is 2. The van der Waals surface area contributed by atoms with Gasteiger partial charge < -0.3 is 21.0 Å². The molecule has 1 atom stereocenters. The van der Waals surface area contributed by atoms with E-state index in [1.54, 1.807) is 39.4 Å². The van der Waals surface area contributed by atoms with E-state index in [2.05, 4.69) is 9.98 Å². The number of nitrogens with zero attached hydrogens (tertiary/aromatic N) is 3. The molecule has 9 nitrogen and oxygen atoms in total. The maximum Gasteiger partial charge on any atom is 0.256 e. The molecule has 0 radical (unpaired) electrons. The first-order valence-electron chi connectivity index (χ1n) is 9.86. The molecule has 11 heteroatoms. The third kappa shape index (κ3) is 5.28. The molecular weight excluding hydrogens is 438 g/mol. The first-order valence-corrected chi connectivity index (χ1v) is 12.1. The lowest BCUT2D eigenvalue weighted by atomic mass is 9.84. The van der Waals surface area contributed by atoms with Crippen LogP contribution in [0.25, 0.3) is 0 Å². The molecule has 5 N–H and O–H groups in total. The van der Waals surface area contributed by atoms with E-state index in [0.29, 0.717) is 4.88 Å². The van der Waals surface area contributed by atoms with Crippen LogP contribution in [0.2, 0.25) is 0 Å². The summed E-state index contributed by atoms with van der Waals surface area (Å²) in [6.07, 6.45) is 3.15. The van der Waals surface area contributed by atoms with Gasteiger partial charge in [-0.05, 0) is 18.4 Å². The quantitative estimate of drug-likeness (QED) is 0.417. The number of hydrogen-bond acceptors (Lipinski definition) is 7. The lowest BCUT2D eigenvalue weighted by molar-refractivity contribution is 0.327. The lowest BCUT2D eigenvalue weighted by Gasteiger charge is -2.26. The Labute approximate surface area is 187 Å². The Morgan fingerprint density at radius 3 is 2.35 bits per heavy atom. The van der Waals surface area contributed by atoms with Crippen molar-refractivity contribution in [1.29, 1.82) is 0 Å². The normalized spacial score (nSPS) is 14.9. The highest BCUT2D eigenvalue weighted by atomic mass is 32.2. The third-order valence-corrected chi connectivity index (χ3v) is 8.34. The van der Waals surface area contributed by atoms with Crippen LogP contribution in [0.5, 0.6) is 5.75 Å². The summed E-state index contributed by atoms with van der Waals surface area (Å²) >= 11 is 0.942. The highest BCUT2D eigenvalue weighted by molar-refractivity contribution is 7.91. The maximum atomic E-state index is 12.8. The van der Waals surface area contributed by atoms with E-state index >= 15 is 0 Å². The van der Waals surface area contributed by atoms with Crippen LogP contribution in [0.1, 0.15) is 51.1 Å². The van der Waals surface area contributed by atoms with Gasteiger partial charge in [0.15, 0.2) is 21.6 Å². The molecule has 2 aromatic heterocycles. The number of aromatic hydroxyl groups is 1. The summed E-state index contributed by atoms with van der Waals surface area (Å²) in [6.45, 7) is 11.7. The number of nitrogens with two attached hydrogens (primary N) is 2. The standard InChI is InChI=1S/C20H31N5O4S2/c1-7-25(8-2)31(27,28)19-15(26)14(12(3)30-19)23-17(21)18(22)24-16(20(4,5)6)13-9-10-29-11-13/h9-11,16,26H,7-8H2,1-6H3,(H2,21,23)(H2,22,24)/t16-/m0/s1. The molecule has 0 aliphatic rings. The Bertz CT molecular complexity index is 1060. The fourth-order valence-electron chi connectivity index (χ4n) is 3.07. The number of aryl methyl sites for hydroxylation is 1. The number of hydrogen-bond donors (Lipinski definition) is 3. The van der Waals surface area contributed by atoms with Crippen LogP contribution in [0.4, 0.5) is 5.69 Å². The van der Waals surface area contributed by atoms with Crippen molar-refractivity contribution in [2.75, 3.05) is 13.1 Å². The minimum atomic E-state index is -3.84. The van der Waals surface area contributed by atoms with Gasteiger partial charge in [0.2, 0.25) is 0 Å². The van der Waals surface area contributed by atoms with Crippen LogP contribution in [0, 0.1) is 12.3 Å². The number of rotatable bonds is 7. The fourth-order valence-corrected chi connectivity index (χ4v) is 6.15. The molecule has 2 rings (SSSR count). The average Bonchev–Trinajstić information content (AvgIpc) is 3.29. The van der Waals surface area contributed by atoms with Gasteiger partial charge in [-0.1, -0.05) is 34.6 Å². The maximum absolute atomic E-state index is 12.8. The van der Waals surface area contributed by atoms with Gasteiger partial charge in [0.25, 0.3) is 10.0 Å². The highest BCUT2D eigenvalue weighted by Crippen LogP contribution is 2.44. The Balaban J connectivity index is 2.48. The topological polar surface area (TPSA) is 148 Å². The van der Waals surface area contributed by atoms with Crippen LogP contribution in [-0.2, 0) is 10.0 Å². The number of sulfonamides is 1. The largest absolute Gasteiger partial charge is 0.504 e. The van der Waals surface area contributed by atoms with Crippen molar-refractivity contribution in [3.8, 4) is 5.75 Å². The molecule has 172 valence electrons. The van der Waals surface area contributed by atoms with E-state index in [0.717, 1.165) is 16.9 Å². The number of thiophene rings is 1. The second-order valence-corrected chi connectivity index (χ2v) is 11.4. The number of amidine groups is 2. The summed E-state index contributed by atoms with van der Waals surface area (Å²) in [4.78, 5) is 9.24. The summed E-state index contributed by atoms with van der Waals surface area (Å²) in [5.41, 5.74) is 12.8. The molecule has 2 aromatic rings. The van der Waals surface area contributed by atoms with Crippen LogP contribution in [-0.4, -0.2) is 42.6 Å². The molecule has 0 fully saturated rings. The zero-order valence-electron chi connectivity index (χ0n) is 18.7. The first-order chi connectivity index (χ1) is 14.3. The van der Waals surface area contributed by atoms with E-state index < -0.39 is 15.8 Å². The van der Waals surface area contributed by atoms with Crippen molar-refractivity contribution < 1.29 is 17.9 Å². The molecule has 2 heterocycles. The van der Waals surface area contributed by atoms with Crippen molar-refractivity contribution in [1.82, 2.24) is 4.31 Å². The first kappa shape index (κ1) is 24.9. The van der Waals surface area contributed by atoms with Crippen molar-refractivity contribution >= 4 is 38.7 Å². The molecule has 0 aromatic carbocycles. The van der Waals surface area contributed by atoms with Crippen molar-refractivity contribution in [3.63, 3.8) is 0 Å². The summed E-state index contributed by atoms with van der Waals surface area (Å²) in [7, 11) is -3.84. The van der Waals surface area contributed by atoms with Crippen molar-refractivity contribution in [2.45, 2.75) is 51.8 Å². The molecule has 0 unspecified atom stereocenters. The number of furan rings is 1. The van der Waals surface area contributed by atoms with Gasteiger partial charge in [-0.2, -0.15) is 4.31 Å². The second kappa shape index (κ2) is 9.41. The van der Waals surface area contributed by atoms with Gasteiger partial charge in [-0.3, -0.25) is 4.99 Å². The SMILES string of the molecule is CCN(CC)S(=O)(=O)c1sc(C)c(N=C(N)C(N)=N[C@@H](c2ccoc2)C(C)(C)C)c1O. The van der Waals surface area contributed by atoms with Crippen LogP contribution in [0.15, 0.2) is 37.2 Å². The zero-order chi connectivity index (χ0) is 23.6. The van der Waals surface area contributed by atoms with Crippen LogP contribution in [0.3, 0.4) is 0 Å². The molecule has 31 heavy (non-hydrogen) atoms. The Morgan fingerprint density at radius 1 is 1.26 bits per heavy atom. The van der Waals surface area contributed by atoms with Gasteiger partial charge in [0, 0.05) is 23.5 Å². The molecule has 0 bridgehead atoms. The molecule has 0 saturated carbocycles. The summed E-state index contributed by atoms with van der Waals surface area (Å²) in [6, 6.07) is 1.47. The van der Waals surface area contributed by atoms with Crippen LogP contribution >= 0.6 is 11.3 Å². The molecule has 0 spiro atoms. The van der Waals surface area contributed by atoms with Gasteiger partial charge in [0.1, 0.15) is 5.69 Å². The fraction of sp³-hybridized carbons (Fsp3) is 0.500. The predicted octanol–water partition coefficient (Wildman–Crippen LogP) is 3.52. The van der Waals surface area contributed by atoms with E-state index in [-0.39, 0.29) is 46.1 Å². The smallest absolute Gasteiger partial charge is 0.256 e. The van der Waals surface area contributed by atoms with Gasteiger partial charge >= 0.3 is 0 Å². The molecule has 0 saturated heterocycles. The van der Waals surface area contributed by atoms with Gasteiger partial charge in [-0.25, -0.2) is 13.4 Å². The zero-order valence-corrected chi connectivity index (χ0v) is 20.3. The summed E-state index contributed by atoms with van der Waals surface area (Å²) in [5.74, 6) is -0.563. The molecule has 0 amide bonds. The molecular formula is C20H31N5O4S2. The lowest BCUT2D eigenvalue weighted by Crippen LogP contribution is -2.33. The minimum absolute atomic E-state index is 0.0146. The minimum Gasteiger partial charge on any atom is -0.504 e. The van der Waals surface area contributed by atoms with Crippen molar-refractivity contribution in [3.05, 3.63) is 29.0 Å². The van der Waals surface area contributed by atoms with E-state index in [4.69, 9.17) is 15.9 Å². The predicted molar refractivity (Wildman–Crippen MR) is 125 cm³/mol. The van der Waals surface area contributed by atoms with Gasteiger partial charge in [0.05, 0.1) is 18.6 Å². The highest BCUT2D eigenvalue weighted by Gasteiger charge is 2.31. The van der Waals surface area contributed by atoms with Crippen molar-refractivity contribution in [2.24, 2.45) is 26.9 Å². The van der Waals surface area contributed by atoms with E-state index in [1.165, 1.54) is 4.31 Å². The van der Waals surface area contributed by atoms with E-state index in [9.17, 15) is 13.5 Å². The second-order valence-electron chi connectivity index (χ2n) is 8.07. The average molecular weight is 470 g/mol. The monoisotopic (exact) mass is 469 g/mol. The third-order valence-electron chi connectivity index (χ3n) is 4.72. The summed E-state index contributed by atoms with van der Waals surface area (Å²) < 4.78 is 31.9. The van der Waals surface area contributed by atoms with E-state index in [1.807, 2.05) is 20.8 Å². The van der Waals surface area contributed by atoms with Gasteiger partial charge in [-0.15, -0.1) is 11.3 Å².